The van der Waals surface area contributed by atoms with Crippen molar-refractivity contribution < 1.29 is 13.2 Å². The molecule has 2 aromatic rings. The topological polar surface area (TPSA) is 81.4 Å². The van der Waals surface area contributed by atoms with Crippen LogP contribution >= 0.6 is 0 Å². The molecule has 0 amide bonds. The van der Waals surface area contributed by atoms with Crippen molar-refractivity contribution in [3.05, 3.63) is 36.4 Å². The zero-order valence-electron chi connectivity index (χ0n) is 13.1. The van der Waals surface area contributed by atoms with E-state index in [0.717, 1.165) is 5.39 Å². The van der Waals surface area contributed by atoms with Gasteiger partial charge in [0, 0.05) is 22.9 Å². The van der Waals surface area contributed by atoms with Crippen molar-refractivity contribution >= 4 is 20.8 Å². The number of nitrogens with two attached hydrogens (primary N) is 1. The molecule has 120 valence electrons. The number of hydrogen-bond donors (Lipinski definition) is 2. The number of rotatable bonds is 6. The molecular weight excluding hydrogens is 300 g/mol. The molecular formula is C16H22N2O3S. The summed E-state index contributed by atoms with van der Waals surface area (Å²) in [5, 5.41) is 1.41. The van der Waals surface area contributed by atoms with Crippen LogP contribution in [-0.4, -0.2) is 27.1 Å². The summed E-state index contributed by atoms with van der Waals surface area (Å²) in [4.78, 5) is 0.232. The van der Waals surface area contributed by atoms with E-state index in [0.29, 0.717) is 17.7 Å². The predicted molar refractivity (Wildman–Crippen MR) is 88.6 cm³/mol. The Morgan fingerprint density at radius 2 is 1.77 bits per heavy atom. The van der Waals surface area contributed by atoms with Gasteiger partial charge in [-0.3, -0.25) is 0 Å². The normalized spacial score (nSPS) is 12.5. The van der Waals surface area contributed by atoms with E-state index in [9.17, 15) is 8.42 Å². The van der Waals surface area contributed by atoms with Crippen LogP contribution in [0.1, 0.15) is 20.8 Å². The lowest BCUT2D eigenvalue weighted by Crippen LogP contribution is -2.45. The van der Waals surface area contributed by atoms with E-state index in [4.69, 9.17) is 10.5 Å². The van der Waals surface area contributed by atoms with E-state index in [2.05, 4.69) is 4.72 Å². The number of benzene rings is 2. The van der Waals surface area contributed by atoms with Crippen molar-refractivity contribution in [2.24, 2.45) is 5.73 Å². The Hall–Kier alpha value is -1.63. The summed E-state index contributed by atoms with van der Waals surface area (Å²) in [5.41, 5.74) is 5.23. The molecule has 0 saturated heterocycles. The Morgan fingerprint density at radius 3 is 2.36 bits per heavy atom. The second-order valence-corrected chi connectivity index (χ2v) is 7.59. The van der Waals surface area contributed by atoms with E-state index < -0.39 is 15.6 Å². The molecule has 0 saturated carbocycles. The molecule has 22 heavy (non-hydrogen) atoms. The van der Waals surface area contributed by atoms with Gasteiger partial charge in [0.25, 0.3) is 0 Å². The second-order valence-electron chi connectivity index (χ2n) is 5.85. The highest BCUT2D eigenvalue weighted by molar-refractivity contribution is 7.89. The fourth-order valence-electron chi connectivity index (χ4n) is 2.12. The number of fused-ring (bicyclic) bond motifs is 1. The molecule has 0 atom stereocenters. The van der Waals surface area contributed by atoms with E-state index in [1.807, 2.05) is 25.1 Å². The van der Waals surface area contributed by atoms with Crippen molar-refractivity contribution in [2.45, 2.75) is 31.2 Å². The highest BCUT2D eigenvalue weighted by Gasteiger charge is 2.21. The zero-order valence-corrected chi connectivity index (χ0v) is 13.9. The maximum absolute atomic E-state index is 12.6. The predicted octanol–water partition coefficient (Wildman–Crippen LogP) is 2.25. The van der Waals surface area contributed by atoms with Gasteiger partial charge in [0.05, 0.1) is 11.5 Å². The molecule has 0 unspecified atom stereocenters. The molecule has 5 nitrogen and oxygen atoms in total. The van der Waals surface area contributed by atoms with Crippen LogP contribution in [0, 0.1) is 0 Å². The lowest BCUT2D eigenvalue weighted by molar-refractivity contribution is 0.344. The average molecular weight is 322 g/mol. The number of ether oxygens (including phenoxy) is 1. The van der Waals surface area contributed by atoms with Gasteiger partial charge in [-0.15, -0.1) is 0 Å². The standard InChI is InChI=1S/C16H22N2O3S/c1-4-21-14-9-10-15(13-8-6-5-7-12(13)14)22(19,20)18-11-16(2,3)17/h5-10,18H,4,11,17H2,1-3H3. The van der Waals surface area contributed by atoms with Crippen molar-refractivity contribution in [2.75, 3.05) is 13.2 Å². The first-order valence-electron chi connectivity index (χ1n) is 7.18. The van der Waals surface area contributed by atoms with Crippen LogP contribution in [0.25, 0.3) is 10.8 Å². The van der Waals surface area contributed by atoms with Gasteiger partial charge in [0.2, 0.25) is 10.0 Å². The van der Waals surface area contributed by atoms with Gasteiger partial charge in [-0.2, -0.15) is 0 Å². The third-order valence-corrected chi connectivity index (χ3v) is 4.61. The zero-order chi connectivity index (χ0) is 16.4. The quantitative estimate of drug-likeness (QED) is 0.854. The maximum atomic E-state index is 12.6. The molecule has 6 heteroatoms. The van der Waals surface area contributed by atoms with E-state index in [1.54, 1.807) is 32.0 Å². The second kappa shape index (κ2) is 6.24. The van der Waals surface area contributed by atoms with Gasteiger partial charge in [-0.05, 0) is 32.9 Å². The molecule has 0 spiro atoms. The number of hydrogen-bond acceptors (Lipinski definition) is 4. The molecule has 0 fully saturated rings. The summed E-state index contributed by atoms with van der Waals surface area (Å²) in [6.45, 7) is 6.12. The van der Waals surface area contributed by atoms with Crippen LogP contribution < -0.4 is 15.2 Å². The van der Waals surface area contributed by atoms with Crippen LogP contribution in [-0.2, 0) is 10.0 Å². The van der Waals surface area contributed by atoms with Crippen molar-refractivity contribution in [1.82, 2.24) is 4.72 Å². The molecule has 3 N–H and O–H groups in total. The smallest absolute Gasteiger partial charge is 0.241 e. The molecule has 0 aliphatic rings. The molecule has 0 aromatic heterocycles. The fraction of sp³-hybridized carbons (Fsp3) is 0.375. The average Bonchev–Trinajstić information content (AvgIpc) is 2.45. The Balaban J connectivity index is 2.50. The van der Waals surface area contributed by atoms with Gasteiger partial charge in [-0.1, -0.05) is 24.3 Å². The molecule has 0 bridgehead atoms. The van der Waals surface area contributed by atoms with Gasteiger partial charge >= 0.3 is 0 Å². The summed E-state index contributed by atoms with van der Waals surface area (Å²) in [6, 6.07) is 10.6. The van der Waals surface area contributed by atoms with Crippen LogP contribution in [0.15, 0.2) is 41.3 Å². The minimum Gasteiger partial charge on any atom is -0.493 e. The van der Waals surface area contributed by atoms with Crippen molar-refractivity contribution in [3.63, 3.8) is 0 Å². The summed E-state index contributed by atoms with van der Waals surface area (Å²) < 4.78 is 33.2. The Labute approximate surface area is 131 Å². The first-order chi connectivity index (χ1) is 10.2. The molecule has 0 aliphatic carbocycles. The Kier molecular flexibility index (Phi) is 4.75. The molecule has 2 rings (SSSR count). The lowest BCUT2D eigenvalue weighted by atomic mass is 10.1. The minimum atomic E-state index is -3.64. The minimum absolute atomic E-state index is 0.164. The molecule has 0 aliphatic heterocycles. The molecule has 0 heterocycles. The maximum Gasteiger partial charge on any atom is 0.241 e. The third kappa shape index (κ3) is 3.76. The van der Waals surface area contributed by atoms with Gasteiger partial charge < -0.3 is 10.5 Å². The van der Waals surface area contributed by atoms with Gasteiger partial charge in [0.1, 0.15) is 5.75 Å². The molecule has 2 aromatic carbocycles. The number of nitrogens with one attached hydrogen (secondary N) is 1. The van der Waals surface area contributed by atoms with E-state index in [-0.39, 0.29) is 11.4 Å². The van der Waals surface area contributed by atoms with Crippen LogP contribution in [0.4, 0.5) is 0 Å². The highest BCUT2D eigenvalue weighted by atomic mass is 32.2. The SMILES string of the molecule is CCOc1ccc(S(=O)(=O)NCC(C)(C)N)c2ccccc12. The first-order valence-corrected chi connectivity index (χ1v) is 8.66. The Morgan fingerprint density at radius 1 is 1.14 bits per heavy atom. The summed E-state index contributed by atoms with van der Waals surface area (Å²) >= 11 is 0. The van der Waals surface area contributed by atoms with Gasteiger partial charge in [-0.25, -0.2) is 13.1 Å². The Bertz CT molecular complexity index is 765. The van der Waals surface area contributed by atoms with Gasteiger partial charge in [0.15, 0.2) is 0 Å². The number of sulfonamides is 1. The van der Waals surface area contributed by atoms with Crippen LogP contribution in [0.2, 0.25) is 0 Å². The fourth-order valence-corrected chi connectivity index (χ4v) is 3.55. The summed E-state index contributed by atoms with van der Waals surface area (Å²) in [6.07, 6.45) is 0. The largest absolute Gasteiger partial charge is 0.493 e. The summed E-state index contributed by atoms with van der Waals surface area (Å²) in [5.74, 6) is 0.677. The van der Waals surface area contributed by atoms with E-state index >= 15 is 0 Å². The van der Waals surface area contributed by atoms with E-state index in [1.165, 1.54) is 0 Å². The summed E-state index contributed by atoms with van der Waals surface area (Å²) in [7, 11) is -3.64. The third-order valence-electron chi connectivity index (χ3n) is 3.15. The van der Waals surface area contributed by atoms with Crippen LogP contribution in [0.3, 0.4) is 0 Å². The lowest BCUT2D eigenvalue weighted by Gasteiger charge is -2.19. The van der Waals surface area contributed by atoms with Crippen molar-refractivity contribution in [3.8, 4) is 5.75 Å². The first kappa shape index (κ1) is 16.7. The molecule has 0 radical (unpaired) electrons. The highest BCUT2D eigenvalue weighted by Crippen LogP contribution is 2.31. The van der Waals surface area contributed by atoms with Crippen molar-refractivity contribution in [1.29, 1.82) is 0 Å². The van der Waals surface area contributed by atoms with Crippen LogP contribution in [0.5, 0.6) is 5.75 Å². The monoisotopic (exact) mass is 322 g/mol.